The van der Waals surface area contributed by atoms with E-state index in [1.165, 1.54) is 5.39 Å². The molecule has 3 N–H and O–H groups in total. The Labute approximate surface area is 172 Å². The highest BCUT2D eigenvalue weighted by molar-refractivity contribution is 5.94. The molecule has 6 heteroatoms. The summed E-state index contributed by atoms with van der Waals surface area (Å²) in [6.45, 7) is 2.06. The van der Waals surface area contributed by atoms with Crippen molar-refractivity contribution < 1.29 is 0 Å². The Hall–Kier alpha value is -4.19. The van der Waals surface area contributed by atoms with Gasteiger partial charge < -0.3 is 10.3 Å². The van der Waals surface area contributed by atoms with Crippen molar-refractivity contribution >= 4 is 44.2 Å². The third-order valence-electron chi connectivity index (χ3n) is 5.32. The fourth-order valence-electron chi connectivity index (χ4n) is 3.87. The average Bonchev–Trinajstić information content (AvgIpc) is 3.38. The van der Waals surface area contributed by atoms with Crippen LogP contribution in [0.25, 0.3) is 44.1 Å². The summed E-state index contributed by atoms with van der Waals surface area (Å²) in [5.74, 6) is 1.47. The highest BCUT2D eigenvalue weighted by atomic mass is 15.1. The smallest absolute Gasteiger partial charge is 0.162 e. The van der Waals surface area contributed by atoms with Gasteiger partial charge in [0.2, 0.25) is 0 Å². The van der Waals surface area contributed by atoms with Crippen LogP contribution >= 0.6 is 0 Å². The first-order valence-electron chi connectivity index (χ1n) is 9.80. The van der Waals surface area contributed by atoms with E-state index in [1.54, 1.807) is 0 Å². The number of nitrogens with one attached hydrogen (secondary N) is 3. The molecule has 0 bridgehead atoms. The molecule has 0 aliphatic heterocycles. The van der Waals surface area contributed by atoms with Crippen LogP contribution in [-0.4, -0.2) is 25.1 Å². The largest absolute Gasteiger partial charge is 0.359 e. The molecule has 3 aromatic heterocycles. The van der Waals surface area contributed by atoms with Crippen molar-refractivity contribution in [3.8, 4) is 11.4 Å². The van der Waals surface area contributed by atoms with Crippen molar-refractivity contribution in [1.29, 1.82) is 0 Å². The van der Waals surface area contributed by atoms with E-state index in [0.717, 1.165) is 50.1 Å². The van der Waals surface area contributed by atoms with E-state index in [1.807, 2.05) is 42.6 Å². The zero-order valence-electron chi connectivity index (χ0n) is 16.3. The average molecular weight is 390 g/mol. The van der Waals surface area contributed by atoms with Gasteiger partial charge in [0, 0.05) is 33.2 Å². The van der Waals surface area contributed by atoms with Crippen LogP contribution in [0.4, 0.5) is 11.5 Å². The van der Waals surface area contributed by atoms with Gasteiger partial charge in [0.1, 0.15) is 5.82 Å². The maximum Gasteiger partial charge on any atom is 0.162 e. The lowest BCUT2D eigenvalue weighted by atomic mass is 10.1. The van der Waals surface area contributed by atoms with Gasteiger partial charge in [0.25, 0.3) is 0 Å². The van der Waals surface area contributed by atoms with Crippen LogP contribution in [0.15, 0.2) is 72.9 Å². The molecule has 6 nitrogen and oxygen atoms in total. The molecule has 0 aliphatic rings. The molecule has 0 saturated carbocycles. The summed E-state index contributed by atoms with van der Waals surface area (Å²) < 4.78 is 0. The summed E-state index contributed by atoms with van der Waals surface area (Å²) >= 11 is 0. The second-order valence-electron chi connectivity index (χ2n) is 7.46. The molecule has 0 amide bonds. The summed E-state index contributed by atoms with van der Waals surface area (Å²) in [6, 6.07) is 22.6. The zero-order chi connectivity index (χ0) is 20.1. The van der Waals surface area contributed by atoms with Crippen molar-refractivity contribution in [2.24, 2.45) is 0 Å². The van der Waals surface area contributed by atoms with Crippen LogP contribution in [0, 0.1) is 6.92 Å². The predicted octanol–water partition coefficient (Wildman–Crippen LogP) is 5.71. The number of hydrogen-bond donors (Lipinski definition) is 3. The number of H-pyrrole nitrogens is 2. The Balaban J connectivity index is 1.49. The molecular formula is C24H18N6. The van der Waals surface area contributed by atoms with Crippen molar-refractivity contribution in [2.75, 3.05) is 5.32 Å². The topological polar surface area (TPSA) is 82.3 Å². The zero-order valence-corrected chi connectivity index (χ0v) is 16.3. The molecule has 0 radical (unpaired) electrons. The molecule has 0 saturated heterocycles. The highest BCUT2D eigenvalue weighted by Crippen LogP contribution is 2.29. The van der Waals surface area contributed by atoms with Gasteiger partial charge >= 0.3 is 0 Å². The number of aromatic amines is 2. The van der Waals surface area contributed by atoms with Crippen LogP contribution in [0.5, 0.6) is 0 Å². The highest BCUT2D eigenvalue weighted by Gasteiger charge is 2.11. The number of rotatable bonds is 3. The minimum Gasteiger partial charge on any atom is -0.359 e. The molecule has 0 atom stereocenters. The molecular weight excluding hydrogens is 372 g/mol. The number of anilines is 2. The Morgan fingerprint density at radius 3 is 2.73 bits per heavy atom. The number of aryl methyl sites for hydroxylation is 1. The molecule has 3 aromatic carbocycles. The van der Waals surface area contributed by atoms with Gasteiger partial charge in [0.05, 0.1) is 17.2 Å². The fraction of sp³-hybridized carbons (Fsp3) is 0.0417. The Kier molecular flexibility index (Phi) is 3.58. The van der Waals surface area contributed by atoms with Crippen molar-refractivity contribution in [2.45, 2.75) is 6.92 Å². The van der Waals surface area contributed by atoms with Crippen LogP contribution in [0.1, 0.15) is 5.69 Å². The number of nitrogens with zero attached hydrogens (tertiary/aromatic N) is 3. The summed E-state index contributed by atoms with van der Waals surface area (Å²) in [4.78, 5) is 13.1. The van der Waals surface area contributed by atoms with E-state index < -0.39 is 0 Å². The molecule has 3 heterocycles. The van der Waals surface area contributed by atoms with Gasteiger partial charge in [-0.25, -0.2) is 9.97 Å². The second kappa shape index (κ2) is 6.42. The normalized spacial score (nSPS) is 11.5. The number of benzene rings is 3. The van der Waals surface area contributed by atoms with Crippen LogP contribution < -0.4 is 5.32 Å². The third-order valence-corrected chi connectivity index (χ3v) is 5.32. The lowest BCUT2D eigenvalue weighted by Gasteiger charge is -2.11. The summed E-state index contributed by atoms with van der Waals surface area (Å²) in [5, 5.41) is 13.8. The Morgan fingerprint density at radius 1 is 0.833 bits per heavy atom. The van der Waals surface area contributed by atoms with Crippen molar-refractivity contribution in [3.05, 3.63) is 78.6 Å². The van der Waals surface area contributed by atoms with E-state index >= 15 is 0 Å². The van der Waals surface area contributed by atoms with Crippen LogP contribution in [0.3, 0.4) is 0 Å². The summed E-state index contributed by atoms with van der Waals surface area (Å²) in [5.41, 5.74) is 6.05. The lowest BCUT2D eigenvalue weighted by Crippen LogP contribution is -1.99. The molecule has 0 spiro atoms. The first kappa shape index (κ1) is 16.7. The van der Waals surface area contributed by atoms with Gasteiger partial charge in [-0.3, -0.25) is 5.10 Å². The molecule has 0 unspecified atom stereocenters. The first-order chi connectivity index (χ1) is 14.7. The van der Waals surface area contributed by atoms with Crippen molar-refractivity contribution in [1.82, 2.24) is 25.1 Å². The second-order valence-corrected chi connectivity index (χ2v) is 7.46. The molecule has 0 aliphatic carbocycles. The van der Waals surface area contributed by atoms with Gasteiger partial charge in [-0.1, -0.05) is 24.3 Å². The number of hydrogen-bond acceptors (Lipinski definition) is 4. The van der Waals surface area contributed by atoms with Crippen LogP contribution in [-0.2, 0) is 0 Å². The van der Waals surface area contributed by atoms with Gasteiger partial charge in [0.15, 0.2) is 5.82 Å². The number of fused-ring (bicyclic) bond motifs is 3. The minimum absolute atomic E-state index is 0.690. The van der Waals surface area contributed by atoms with Gasteiger partial charge in [-0.2, -0.15) is 5.10 Å². The maximum atomic E-state index is 4.89. The molecule has 0 fully saturated rings. The lowest BCUT2D eigenvalue weighted by molar-refractivity contribution is 1.12. The van der Waals surface area contributed by atoms with E-state index in [9.17, 15) is 0 Å². The van der Waals surface area contributed by atoms with Crippen LogP contribution in [0.2, 0.25) is 0 Å². The van der Waals surface area contributed by atoms with Gasteiger partial charge in [-0.15, -0.1) is 0 Å². The van der Waals surface area contributed by atoms with Gasteiger partial charge in [-0.05, 0) is 54.8 Å². The van der Waals surface area contributed by atoms with E-state index in [-0.39, 0.29) is 0 Å². The molecule has 144 valence electrons. The molecule has 6 aromatic rings. The van der Waals surface area contributed by atoms with E-state index in [2.05, 4.69) is 57.8 Å². The summed E-state index contributed by atoms with van der Waals surface area (Å²) in [7, 11) is 0. The maximum absolute atomic E-state index is 4.89. The predicted molar refractivity (Wildman–Crippen MR) is 121 cm³/mol. The molecule has 6 rings (SSSR count). The molecule has 30 heavy (non-hydrogen) atoms. The monoisotopic (exact) mass is 390 g/mol. The first-order valence-corrected chi connectivity index (χ1v) is 9.80. The number of aromatic nitrogens is 5. The standard InChI is InChI=1S/C24H18N6/c1-14-10-15-6-7-16(12-22(15)26-14)23-28-21-5-3-2-4-19(21)24(29-23)27-18-8-9-20-17(11-18)13-25-30-20/h2-13,26H,1H3,(H,25,30)(H,27,28,29). The number of para-hydroxylation sites is 1. The van der Waals surface area contributed by atoms with Crippen molar-refractivity contribution in [3.63, 3.8) is 0 Å². The Morgan fingerprint density at radius 2 is 1.77 bits per heavy atom. The Bertz CT molecular complexity index is 1540. The van der Waals surface area contributed by atoms with E-state index in [4.69, 9.17) is 9.97 Å². The minimum atomic E-state index is 0.690. The fourth-order valence-corrected chi connectivity index (χ4v) is 3.87. The van der Waals surface area contributed by atoms with E-state index in [0.29, 0.717) is 5.82 Å². The quantitative estimate of drug-likeness (QED) is 0.362. The third kappa shape index (κ3) is 2.78. The summed E-state index contributed by atoms with van der Waals surface area (Å²) in [6.07, 6.45) is 1.82. The SMILES string of the molecule is Cc1cc2ccc(-c3nc(Nc4ccc5[nH]ncc5c4)c4ccccc4n3)cc2[nH]1.